The van der Waals surface area contributed by atoms with Crippen LogP contribution in [0.15, 0.2) is 18.2 Å². The lowest BCUT2D eigenvalue weighted by Gasteiger charge is -2.42. The first kappa shape index (κ1) is 14.3. The molecule has 0 spiro atoms. The van der Waals surface area contributed by atoms with Crippen molar-refractivity contribution in [1.29, 1.82) is 0 Å². The number of hydrogen-bond acceptors (Lipinski definition) is 3. The van der Waals surface area contributed by atoms with Gasteiger partial charge < -0.3 is 15.2 Å². The summed E-state index contributed by atoms with van der Waals surface area (Å²) in [5.74, 6) is 0.245. The molecule has 2 unspecified atom stereocenters. The molecule has 0 amide bonds. The van der Waals surface area contributed by atoms with Crippen LogP contribution in [0.25, 0.3) is 0 Å². The highest BCUT2D eigenvalue weighted by Crippen LogP contribution is 2.42. The molecule has 1 aromatic carbocycles. The second-order valence-electron chi connectivity index (χ2n) is 6.19. The summed E-state index contributed by atoms with van der Waals surface area (Å²) >= 11 is 0. The van der Waals surface area contributed by atoms with Gasteiger partial charge in [-0.2, -0.15) is 0 Å². The lowest BCUT2D eigenvalue weighted by atomic mass is 9.82. The van der Waals surface area contributed by atoms with Crippen LogP contribution in [-0.2, 0) is 4.74 Å². The normalized spacial score (nSPS) is 26.7. The summed E-state index contributed by atoms with van der Waals surface area (Å²) in [4.78, 5) is 0. The third kappa shape index (κ3) is 3.07. The Hall–Kier alpha value is -1.13. The van der Waals surface area contributed by atoms with Crippen molar-refractivity contribution in [1.82, 2.24) is 0 Å². The highest BCUT2D eigenvalue weighted by molar-refractivity contribution is 5.39. The first-order chi connectivity index (χ1) is 8.75. The van der Waals surface area contributed by atoms with Gasteiger partial charge in [0.25, 0.3) is 0 Å². The summed E-state index contributed by atoms with van der Waals surface area (Å²) in [7, 11) is 1.68. The highest BCUT2D eigenvalue weighted by Gasteiger charge is 2.40. The topological polar surface area (TPSA) is 44.5 Å². The van der Waals surface area contributed by atoms with E-state index in [1.54, 1.807) is 13.2 Å². The fourth-order valence-electron chi connectivity index (χ4n) is 2.87. The Labute approximate surface area is 113 Å². The standard InChI is InChI=1S/C15H22FNO2/c1-14(2,18-4)9-15(3)8-12(17)11-6-5-10(16)7-13(11)19-15/h5-7,12H,8-9,17H2,1-4H3. The molecular weight excluding hydrogens is 245 g/mol. The Bertz CT molecular complexity index is 475. The average Bonchev–Trinajstić information content (AvgIpc) is 2.26. The maximum Gasteiger partial charge on any atom is 0.127 e. The van der Waals surface area contributed by atoms with Gasteiger partial charge in [0.05, 0.1) is 5.60 Å². The summed E-state index contributed by atoms with van der Waals surface area (Å²) in [6.07, 6.45) is 1.39. The smallest absolute Gasteiger partial charge is 0.127 e. The van der Waals surface area contributed by atoms with E-state index in [4.69, 9.17) is 15.2 Å². The number of fused-ring (bicyclic) bond motifs is 1. The van der Waals surface area contributed by atoms with E-state index in [1.165, 1.54) is 12.1 Å². The molecule has 1 aromatic rings. The van der Waals surface area contributed by atoms with Gasteiger partial charge in [0, 0.05) is 37.6 Å². The molecule has 3 nitrogen and oxygen atoms in total. The lowest BCUT2D eigenvalue weighted by molar-refractivity contribution is -0.0581. The largest absolute Gasteiger partial charge is 0.487 e. The number of halogens is 1. The Morgan fingerprint density at radius 2 is 2.21 bits per heavy atom. The molecule has 0 saturated carbocycles. The molecule has 106 valence electrons. The van der Waals surface area contributed by atoms with Gasteiger partial charge in [-0.1, -0.05) is 6.07 Å². The maximum atomic E-state index is 13.3. The van der Waals surface area contributed by atoms with Gasteiger partial charge in [-0.05, 0) is 26.8 Å². The number of rotatable bonds is 3. The molecule has 2 N–H and O–H groups in total. The van der Waals surface area contributed by atoms with Gasteiger partial charge >= 0.3 is 0 Å². The summed E-state index contributed by atoms with van der Waals surface area (Å²) < 4.78 is 24.8. The summed E-state index contributed by atoms with van der Waals surface area (Å²) in [6, 6.07) is 4.40. The van der Waals surface area contributed by atoms with Crippen molar-refractivity contribution in [3.8, 4) is 5.75 Å². The van der Waals surface area contributed by atoms with Gasteiger partial charge in [0.15, 0.2) is 0 Å². The minimum Gasteiger partial charge on any atom is -0.487 e. The first-order valence-electron chi connectivity index (χ1n) is 6.54. The third-order valence-electron chi connectivity index (χ3n) is 3.74. The number of nitrogens with two attached hydrogens (primary N) is 1. The molecule has 0 fully saturated rings. The first-order valence-corrected chi connectivity index (χ1v) is 6.54. The lowest BCUT2D eigenvalue weighted by Crippen LogP contribution is -2.46. The van der Waals surface area contributed by atoms with Gasteiger partial charge in [-0.15, -0.1) is 0 Å². The van der Waals surface area contributed by atoms with Crippen LogP contribution in [0.5, 0.6) is 5.75 Å². The van der Waals surface area contributed by atoms with Crippen LogP contribution in [0.1, 0.15) is 45.2 Å². The maximum absolute atomic E-state index is 13.3. The Morgan fingerprint density at radius 3 is 2.84 bits per heavy atom. The fraction of sp³-hybridized carbons (Fsp3) is 0.600. The molecule has 0 radical (unpaired) electrons. The number of benzene rings is 1. The molecule has 0 bridgehead atoms. The summed E-state index contributed by atoms with van der Waals surface area (Å²) in [6.45, 7) is 6.02. The van der Waals surface area contributed by atoms with Crippen LogP contribution in [0, 0.1) is 5.82 Å². The predicted molar refractivity (Wildman–Crippen MR) is 72.7 cm³/mol. The average molecular weight is 267 g/mol. The van der Waals surface area contributed by atoms with Crippen LogP contribution in [0.3, 0.4) is 0 Å². The Morgan fingerprint density at radius 1 is 1.53 bits per heavy atom. The zero-order chi connectivity index (χ0) is 14.3. The van der Waals surface area contributed by atoms with Crippen LogP contribution in [-0.4, -0.2) is 18.3 Å². The van der Waals surface area contributed by atoms with E-state index in [0.717, 1.165) is 5.56 Å². The van der Waals surface area contributed by atoms with E-state index in [9.17, 15) is 4.39 Å². The third-order valence-corrected chi connectivity index (χ3v) is 3.74. The molecule has 1 aliphatic heterocycles. The van der Waals surface area contributed by atoms with Crippen molar-refractivity contribution in [2.75, 3.05) is 7.11 Å². The van der Waals surface area contributed by atoms with E-state index in [0.29, 0.717) is 18.6 Å². The molecule has 0 aliphatic carbocycles. The van der Waals surface area contributed by atoms with E-state index in [2.05, 4.69) is 0 Å². The van der Waals surface area contributed by atoms with Crippen molar-refractivity contribution in [3.05, 3.63) is 29.6 Å². The predicted octanol–water partition coefficient (Wildman–Crippen LogP) is 3.18. The Kier molecular flexibility index (Phi) is 3.58. The molecule has 2 rings (SSSR count). The zero-order valence-corrected chi connectivity index (χ0v) is 12.0. The molecule has 1 heterocycles. The van der Waals surface area contributed by atoms with Crippen LogP contribution >= 0.6 is 0 Å². The van der Waals surface area contributed by atoms with Gasteiger partial charge in [0.2, 0.25) is 0 Å². The van der Waals surface area contributed by atoms with Crippen molar-refractivity contribution in [2.24, 2.45) is 5.73 Å². The van der Waals surface area contributed by atoms with E-state index in [1.807, 2.05) is 20.8 Å². The molecule has 2 atom stereocenters. The molecule has 4 heteroatoms. The molecule has 0 saturated heterocycles. The second kappa shape index (κ2) is 4.76. The van der Waals surface area contributed by atoms with Gasteiger partial charge in [-0.3, -0.25) is 0 Å². The van der Waals surface area contributed by atoms with E-state index >= 15 is 0 Å². The van der Waals surface area contributed by atoms with Crippen molar-refractivity contribution in [3.63, 3.8) is 0 Å². The Balaban J connectivity index is 2.28. The van der Waals surface area contributed by atoms with E-state index < -0.39 is 5.60 Å². The van der Waals surface area contributed by atoms with E-state index in [-0.39, 0.29) is 17.5 Å². The summed E-state index contributed by atoms with van der Waals surface area (Å²) in [5, 5.41) is 0. The monoisotopic (exact) mass is 267 g/mol. The minimum absolute atomic E-state index is 0.137. The van der Waals surface area contributed by atoms with Crippen LogP contribution in [0.4, 0.5) is 4.39 Å². The van der Waals surface area contributed by atoms with Crippen LogP contribution < -0.4 is 10.5 Å². The van der Waals surface area contributed by atoms with Gasteiger partial charge in [-0.25, -0.2) is 4.39 Å². The quantitative estimate of drug-likeness (QED) is 0.914. The molecule has 1 aliphatic rings. The van der Waals surface area contributed by atoms with Crippen molar-refractivity contribution in [2.45, 2.75) is 50.9 Å². The van der Waals surface area contributed by atoms with Crippen molar-refractivity contribution >= 4 is 0 Å². The van der Waals surface area contributed by atoms with Crippen molar-refractivity contribution < 1.29 is 13.9 Å². The number of methoxy groups -OCH3 is 1. The molecular formula is C15H22FNO2. The zero-order valence-electron chi connectivity index (χ0n) is 12.0. The highest BCUT2D eigenvalue weighted by atomic mass is 19.1. The minimum atomic E-state index is -0.445. The van der Waals surface area contributed by atoms with Gasteiger partial charge in [0.1, 0.15) is 17.2 Å². The molecule has 0 aromatic heterocycles. The number of ether oxygens (including phenoxy) is 2. The second-order valence-corrected chi connectivity index (χ2v) is 6.19. The van der Waals surface area contributed by atoms with Crippen LogP contribution in [0.2, 0.25) is 0 Å². The molecule has 19 heavy (non-hydrogen) atoms. The number of hydrogen-bond donors (Lipinski definition) is 1. The summed E-state index contributed by atoms with van der Waals surface area (Å²) in [5.41, 5.74) is 6.31. The SMILES string of the molecule is COC(C)(C)CC1(C)CC(N)c2ccc(F)cc2O1. The fourth-order valence-corrected chi connectivity index (χ4v) is 2.87.